The van der Waals surface area contributed by atoms with Crippen molar-refractivity contribution in [3.05, 3.63) is 101 Å². The molecular weight excluding hydrogens is 1490 g/mol. The van der Waals surface area contributed by atoms with Crippen molar-refractivity contribution in [3.8, 4) is 0 Å². The quantitative estimate of drug-likeness (QED) is 0.0178. The summed E-state index contributed by atoms with van der Waals surface area (Å²) in [6.07, 6.45) is 10.8. The summed E-state index contributed by atoms with van der Waals surface area (Å²) in [5.74, 6) is -4.27. The summed E-state index contributed by atoms with van der Waals surface area (Å²) < 4.78 is 14.7. The number of rotatable bonds is 29. The summed E-state index contributed by atoms with van der Waals surface area (Å²) in [5.41, 5.74) is 10.9. The number of aliphatic hydroxyl groups excluding tert-OH is 2. The molecule has 2 saturated heterocycles. The molecule has 9 rings (SSSR count). The van der Waals surface area contributed by atoms with Gasteiger partial charge < -0.3 is 50.5 Å². The van der Waals surface area contributed by atoms with E-state index in [1.165, 1.54) is 10.0 Å². The Labute approximate surface area is 656 Å². The monoisotopic (exact) mass is 1610 g/mol. The third kappa shape index (κ3) is 21.9. The Balaban J connectivity index is 0.000000254. The van der Waals surface area contributed by atoms with Gasteiger partial charge in [-0.1, -0.05) is 161 Å². The van der Waals surface area contributed by atoms with Gasteiger partial charge in [-0.3, -0.25) is 58.3 Å². The maximum Gasteiger partial charge on any atom is 0.313 e. The molecule has 0 bridgehead atoms. The molecular formula is C82H125BrN10O14Si2. The van der Waals surface area contributed by atoms with E-state index in [0.717, 1.165) is 63.2 Å². The topological polar surface area (TPSA) is 340 Å². The van der Waals surface area contributed by atoms with Crippen LogP contribution in [0.2, 0.25) is 33.2 Å². The van der Waals surface area contributed by atoms with Crippen LogP contribution in [-0.2, 0) is 47.2 Å². The van der Waals surface area contributed by atoms with E-state index in [2.05, 4.69) is 143 Å². The van der Waals surface area contributed by atoms with Crippen molar-refractivity contribution < 1.29 is 67.6 Å². The number of carbonyl (C=O) groups excluding carboxylic acids is 6. The van der Waals surface area contributed by atoms with Crippen molar-refractivity contribution in [1.82, 2.24) is 52.1 Å². The highest BCUT2D eigenvalue weighted by Gasteiger charge is 2.53. The maximum absolute atomic E-state index is 13.4. The van der Waals surface area contributed by atoms with Gasteiger partial charge in [-0.05, 0) is 186 Å². The molecule has 27 heteroatoms. The Morgan fingerprint density at radius 2 is 0.954 bits per heavy atom. The molecule has 5 fully saturated rings. The molecule has 6 amide bonds. The van der Waals surface area contributed by atoms with Crippen LogP contribution in [-0.4, -0.2) is 166 Å². The number of carbonyl (C=O) groups is 8. The zero-order valence-corrected chi connectivity index (χ0v) is 71.1. The number of hydrogen-bond donors (Lipinski definition) is 10. The van der Waals surface area contributed by atoms with E-state index >= 15 is 0 Å². The molecule has 5 aliphatic rings. The molecule has 109 heavy (non-hydrogen) atoms. The molecule has 4 aromatic rings. The fourth-order valence-electron chi connectivity index (χ4n) is 16.8. The molecule has 2 aliphatic heterocycles. The molecule has 2 aromatic heterocycles. The second-order valence-corrected chi connectivity index (χ2v) is 45.1. The molecule has 12 atom stereocenters. The van der Waals surface area contributed by atoms with E-state index < -0.39 is 99.5 Å². The first-order valence-corrected chi connectivity index (χ1v) is 44.6. The van der Waals surface area contributed by atoms with Crippen LogP contribution >= 0.6 is 15.9 Å². The van der Waals surface area contributed by atoms with Crippen molar-refractivity contribution in [3.63, 3.8) is 0 Å². The first kappa shape index (κ1) is 89.4. The molecule has 24 nitrogen and oxygen atoms in total. The lowest BCUT2D eigenvalue weighted by Gasteiger charge is -2.44. The SMILES string of the molecule is C=CC1(C(=O)O)CCC(O[Si](C(C)C)(C(C)C)C(C)C)C1.CC(C)[C@H](O)C(=O)N[C@@H](C)C(=O)N1CCC[C@@H](C(=O)N[C@H](C)c2ccc3ccc(/C=C/C4(C(=O)O)CCC(O[Si](C(C)C)(C(C)C)C(C)C)C4)cc3n2)N1.C[C@H](NC(=O)[C@@H](O)C1CC1)C(=O)N1CCC[C@@H](C(=O)N[C@H](C)c2ccc3ccc(Br)cc3n2)N1. The van der Waals surface area contributed by atoms with Crippen LogP contribution in [0, 0.1) is 22.7 Å². The number of carboxylic acid groups (broad SMARTS) is 2. The lowest BCUT2D eigenvalue weighted by Crippen LogP contribution is -2.61. The van der Waals surface area contributed by atoms with Gasteiger partial charge in [0.15, 0.2) is 0 Å². The van der Waals surface area contributed by atoms with E-state index in [4.69, 9.17) is 13.8 Å². The summed E-state index contributed by atoms with van der Waals surface area (Å²) >= 11 is 3.46. The molecule has 0 spiro atoms. The summed E-state index contributed by atoms with van der Waals surface area (Å²) in [6.45, 7) is 41.9. The van der Waals surface area contributed by atoms with Gasteiger partial charge in [-0.15, -0.1) is 6.58 Å². The van der Waals surface area contributed by atoms with Crippen molar-refractivity contribution in [1.29, 1.82) is 0 Å². The van der Waals surface area contributed by atoms with E-state index in [1.54, 1.807) is 33.8 Å². The summed E-state index contributed by atoms with van der Waals surface area (Å²) in [5, 5.41) is 55.8. The summed E-state index contributed by atoms with van der Waals surface area (Å²) in [7, 11) is -4.09. The highest BCUT2D eigenvalue weighted by molar-refractivity contribution is 9.10. The average molecular weight is 1610 g/mol. The fourth-order valence-corrected chi connectivity index (χ4v) is 28.3. The minimum atomic E-state index is -2.16. The zero-order chi connectivity index (χ0) is 80.9. The van der Waals surface area contributed by atoms with Gasteiger partial charge in [0.2, 0.25) is 40.3 Å². The third-order valence-electron chi connectivity index (χ3n) is 23.3. The summed E-state index contributed by atoms with van der Waals surface area (Å²) in [4.78, 5) is 110. The number of aliphatic carboxylic acids is 2. The first-order valence-electron chi connectivity index (χ1n) is 39.5. The summed E-state index contributed by atoms with van der Waals surface area (Å²) in [6, 6.07) is 15.7. The third-order valence-corrected chi connectivity index (χ3v) is 36.1. The molecule has 2 aromatic carbocycles. The van der Waals surface area contributed by atoms with Crippen molar-refractivity contribution >= 4 is 108 Å². The van der Waals surface area contributed by atoms with Crippen molar-refractivity contribution in [2.24, 2.45) is 22.7 Å². The maximum atomic E-state index is 13.4. The van der Waals surface area contributed by atoms with Gasteiger partial charge in [0.05, 0.1) is 45.3 Å². The number of amides is 6. The van der Waals surface area contributed by atoms with Crippen molar-refractivity contribution in [2.45, 2.75) is 296 Å². The van der Waals surface area contributed by atoms with E-state index in [9.17, 15) is 58.8 Å². The number of pyridine rings is 2. The van der Waals surface area contributed by atoms with Gasteiger partial charge in [0, 0.05) is 40.5 Å². The molecule has 3 saturated carbocycles. The number of halogens is 1. The largest absolute Gasteiger partial charge is 0.481 e. The van der Waals surface area contributed by atoms with Crippen LogP contribution in [0.5, 0.6) is 0 Å². The second-order valence-electron chi connectivity index (χ2n) is 33.3. The molecule has 10 N–H and O–H groups in total. The number of hydrazine groups is 2. The van der Waals surface area contributed by atoms with Gasteiger partial charge >= 0.3 is 11.9 Å². The van der Waals surface area contributed by atoms with Crippen LogP contribution < -0.4 is 32.1 Å². The number of fused-ring (bicyclic) bond motifs is 2. The van der Waals surface area contributed by atoms with Gasteiger partial charge in [0.25, 0.3) is 11.8 Å². The van der Waals surface area contributed by atoms with Crippen LogP contribution in [0.1, 0.15) is 231 Å². The highest BCUT2D eigenvalue weighted by Crippen LogP contribution is 2.50. The smallest absolute Gasteiger partial charge is 0.313 e. The molecule has 0 radical (unpaired) electrons. The van der Waals surface area contributed by atoms with Crippen LogP contribution in [0.4, 0.5) is 0 Å². The number of aliphatic hydroxyl groups is 2. The predicted octanol–water partition coefficient (Wildman–Crippen LogP) is 13.2. The number of nitrogens with zero attached hydrogens (tertiary/aromatic N) is 4. The first-order chi connectivity index (χ1) is 51.1. The fraction of sp³-hybridized carbons (Fsp3) is 0.634. The lowest BCUT2D eigenvalue weighted by atomic mass is 9.85. The lowest BCUT2D eigenvalue weighted by molar-refractivity contribution is -0.146. The number of carboxylic acids is 2. The number of aromatic nitrogens is 2. The van der Waals surface area contributed by atoms with E-state index in [1.807, 2.05) is 86.7 Å². The van der Waals surface area contributed by atoms with Crippen LogP contribution in [0.3, 0.4) is 0 Å². The minimum Gasteiger partial charge on any atom is -0.481 e. The molecule has 3 aliphatic carbocycles. The average Bonchev–Trinajstić information content (AvgIpc) is 1.70. The van der Waals surface area contributed by atoms with Crippen LogP contribution in [0.15, 0.2) is 83.9 Å². The molecule has 602 valence electrons. The Hall–Kier alpha value is -6.83. The van der Waals surface area contributed by atoms with Gasteiger partial charge in [-0.25, -0.2) is 10.9 Å². The zero-order valence-electron chi connectivity index (χ0n) is 67.5. The van der Waals surface area contributed by atoms with Gasteiger partial charge in [0.1, 0.15) is 36.4 Å². The molecule has 4 unspecified atom stereocenters. The Morgan fingerprint density at radius 3 is 1.36 bits per heavy atom. The van der Waals surface area contributed by atoms with Gasteiger partial charge in [-0.2, -0.15) is 0 Å². The number of hydrogen-bond acceptors (Lipinski definition) is 16. The Kier molecular flexibility index (Phi) is 31.7. The minimum absolute atomic E-state index is 0.0101. The number of nitrogens with one attached hydrogen (secondary N) is 6. The predicted molar refractivity (Wildman–Crippen MR) is 434 cm³/mol. The van der Waals surface area contributed by atoms with Crippen LogP contribution in [0.25, 0.3) is 27.9 Å². The number of benzene rings is 2. The van der Waals surface area contributed by atoms with E-state index in [0.29, 0.717) is 103 Å². The Morgan fingerprint density at radius 1 is 0.550 bits per heavy atom. The second kappa shape index (κ2) is 38.6. The molecule has 4 heterocycles. The normalized spacial score (nSPS) is 22.9. The highest BCUT2D eigenvalue weighted by atomic mass is 79.9. The Bertz CT molecular complexity index is 3850. The van der Waals surface area contributed by atoms with Crippen molar-refractivity contribution in [2.75, 3.05) is 13.1 Å². The van der Waals surface area contributed by atoms with E-state index in [-0.39, 0.29) is 47.8 Å². The standard InChI is InChI=1S/C41H63N5O7Si.C24H30BrN5O4.C17H32O3Si/c1-24(2)36(47)38(49)43-29(10)39(50)46-21-11-12-34(45-46)37(48)42-28(9)33-16-15-31-14-13-30(22-35(31)44-33)17-19-41(40(51)52)20-18-32(23-41)53-54(25(3)4,26(5)6)27(7)8;1-13(18-10-8-15-7-9-17(25)12-20(15)28-18)26-22(32)19-4-3-11-30(29-19)24(34)14(2)27-23(33)21(31)16-5-6-16;1-8-17(16(18)19)10-9-15(11-17)20-21(12(2)3,13(4)5)14(6)7/h13-17,19,22,24-29,32,34,36,45,47H,11-12,18,20-21,23H2,1-10H3,(H,42,48)(H,43,49)(H,51,52);7-10,12-14,16,19,21,29,31H,3-6,11H2,1-2H3,(H,26,32)(H,27,33);8,12-15H,1,9-11H2,2-7H3,(H,18,19)/b19-17+;;/t28-,29+,32?,34+,36+,41?;13-,14+,19+,21+;/m11./s1.